The van der Waals surface area contributed by atoms with Gasteiger partial charge in [-0.05, 0) is 30.3 Å². The topological polar surface area (TPSA) is 137 Å². The van der Waals surface area contributed by atoms with Crippen LogP contribution in [-0.2, 0) is 12.7 Å². The Morgan fingerprint density at radius 3 is 2.59 bits per heavy atom. The number of fused-ring (bicyclic) bond motifs is 1. The van der Waals surface area contributed by atoms with Gasteiger partial charge in [0, 0.05) is 30.2 Å². The van der Waals surface area contributed by atoms with Gasteiger partial charge in [0.05, 0.1) is 30.9 Å². The number of hydrogen-bond donors (Lipinski definition) is 3. The highest BCUT2D eigenvalue weighted by atomic mass is 19.4. The standard InChI is InChI=1S/C24H20F4N8O3/c1-36(2,38)12-21-30-7-8-34(21)13-3-5-17(16(25)10-13)31-23(37)18-11-20(24(26,27)28)32-35(18)14-4-6-19-15(9-14)22(29)33-39-19/h3-11,38H,12H2,1-2H3,(H2-,29,31,33,37)/p+1. The van der Waals surface area contributed by atoms with E-state index in [1.807, 2.05) is 0 Å². The maximum absolute atomic E-state index is 15.1. The van der Waals surface area contributed by atoms with Gasteiger partial charge < -0.3 is 15.6 Å². The molecular formula is C24H21F4N8O3+. The number of anilines is 2. The molecule has 0 atom stereocenters. The molecule has 0 saturated heterocycles. The van der Waals surface area contributed by atoms with Crippen molar-refractivity contribution in [3.63, 3.8) is 0 Å². The Labute approximate surface area is 217 Å². The van der Waals surface area contributed by atoms with Gasteiger partial charge in [0.25, 0.3) is 5.91 Å². The number of nitrogens with two attached hydrogens (primary N) is 1. The number of hydroxylamine groups is 3. The van der Waals surface area contributed by atoms with Crippen LogP contribution in [-0.4, -0.2) is 54.3 Å². The van der Waals surface area contributed by atoms with E-state index >= 15 is 4.39 Å². The lowest BCUT2D eigenvalue weighted by molar-refractivity contribution is -1.08. The number of aromatic nitrogens is 5. The van der Waals surface area contributed by atoms with Gasteiger partial charge in [-0.15, -0.1) is 0 Å². The van der Waals surface area contributed by atoms with Crippen molar-refractivity contribution in [2.45, 2.75) is 12.7 Å². The molecule has 0 unspecified atom stereocenters. The molecule has 0 aliphatic rings. The van der Waals surface area contributed by atoms with Gasteiger partial charge in [-0.2, -0.15) is 22.9 Å². The summed E-state index contributed by atoms with van der Waals surface area (Å²) in [5.74, 6) is -1.43. The van der Waals surface area contributed by atoms with Crippen molar-refractivity contribution in [2.24, 2.45) is 0 Å². The van der Waals surface area contributed by atoms with E-state index in [4.69, 9.17) is 10.3 Å². The lowest BCUT2D eigenvalue weighted by atomic mass is 10.2. The average Bonchev–Trinajstić information content (AvgIpc) is 3.58. The number of nitrogens with zero attached hydrogens (tertiary/aromatic N) is 6. The van der Waals surface area contributed by atoms with Crippen LogP contribution in [0.15, 0.2) is 59.4 Å². The Hall–Kier alpha value is -4.76. The van der Waals surface area contributed by atoms with Crippen LogP contribution in [0.2, 0.25) is 0 Å². The number of benzene rings is 2. The van der Waals surface area contributed by atoms with Crippen LogP contribution in [0.1, 0.15) is 22.0 Å². The molecule has 0 spiro atoms. The Balaban J connectivity index is 1.48. The van der Waals surface area contributed by atoms with Crippen LogP contribution in [0.3, 0.4) is 0 Å². The summed E-state index contributed by atoms with van der Waals surface area (Å²) in [7, 11) is 3.10. The van der Waals surface area contributed by atoms with Crippen molar-refractivity contribution in [3.05, 3.63) is 77.9 Å². The number of carbonyl (C=O) groups is 1. The number of nitrogen functional groups attached to an aromatic ring is 1. The molecule has 39 heavy (non-hydrogen) atoms. The van der Waals surface area contributed by atoms with Crippen molar-refractivity contribution < 1.29 is 36.7 Å². The van der Waals surface area contributed by atoms with Crippen LogP contribution in [0, 0.1) is 5.82 Å². The summed E-state index contributed by atoms with van der Waals surface area (Å²) < 4.78 is 62.5. The summed E-state index contributed by atoms with van der Waals surface area (Å²) >= 11 is 0. The van der Waals surface area contributed by atoms with Crippen LogP contribution in [0.25, 0.3) is 22.3 Å². The largest absolute Gasteiger partial charge is 0.435 e. The maximum Gasteiger partial charge on any atom is 0.435 e. The monoisotopic (exact) mass is 545 g/mol. The zero-order chi connectivity index (χ0) is 28.1. The molecule has 0 aliphatic heterocycles. The highest BCUT2D eigenvalue weighted by molar-refractivity contribution is 6.04. The van der Waals surface area contributed by atoms with Crippen LogP contribution < -0.4 is 11.1 Å². The van der Waals surface area contributed by atoms with Crippen LogP contribution in [0.5, 0.6) is 0 Å². The number of alkyl halides is 3. The average molecular weight is 545 g/mol. The molecule has 5 aromatic rings. The lowest BCUT2D eigenvalue weighted by Gasteiger charge is -2.19. The molecule has 0 aliphatic carbocycles. The molecule has 5 rings (SSSR count). The second kappa shape index (κ2) is 9.21. The first-order valence-electron chi connectivity index (χ1n) is 11.3. The fraction of sp³-hybridized carbons (Fsp3) is 0.167. The summed E-state index contributed by atoms with van der Waals surface area (Å²) in [5.41, 5.74) is 4.37. The molecule has 15 heteroatoms. The number of carbonyl (C=O) groups excluding carboxylic acids is 1. The van der Waals surface area contributed by atoms with Gasteiger partial charge in [0.15, 0.2) is 29.5 Å². The Morgan fingerprint density at radius 1 is 1.15 bits per heavy atom. The van der Waals surface area contributed by atoms with Crippen molar-refractivity contribution in [1.29, 1.82) is 0 Å². The zero-order valence-electron chi connectivity index (χ0n) is 20.4. The van der Waals surface area contributed by atoms with Crippen molar-refractivity contribution in [3.8, 4) is 11.4 Å². The quantitative estimate of drug-likeness (QED) is 0.166. The SMILES string of the molecule is C[N+](C)(O)Cc1nccn1-c1ccc(NC(=O)c2cc(C(F)(F)F)nn2-c2ccc3onc(N)c3c2)c(F)c1. The molecule has 0 fully saturated rings. The highest BCUT2D eigenvalue weighted by Gasteiger charge is 2.36. The second-order valence-electron chi connectivity index (χ2n) is 9.18. The molecule has 3 aromatic heterocycles. The van der Waals surface area contributed by atoms with E-state index in [1.165, 1.54) is 36.5 Å². The molecule has 0 bridgehead atoms. The van der Waals surface area contributed by atoms with Gasteiger partial charge in [0.2, 0.25) is 0 Å². The molecule has 4 N–H and O–H groups in total. The first kappa shape index (κ1) is 25.9. The zero-order valence-corrected chi connectivity index (χ0v) is 20.4. The summed E-state index contributed by atoms with van der Waals surface area (Å²) in [4.78, 5) is 17.3. The van der Waals surface area contributed by atoms with Gasteiger partial charge in [-0.25, -0.2) is 19.3 Å². The fourth-order valence-corrected chi connectivity index (χ4v) is 3.93. The molecule has 202 valence electrons. The summed E-state index contributed by atoms with van der Waals surface area (Å²) in [5, 5.41) is 19.8. The van der Waals surface area contributed by atoms with Gasteiger partial charge in [0.1, 0.15) is 11.5 Å². The summed E-state index contributed by atoms with van der Waals surface area (Å²) in [6, 6.07) is 8.61. The Morgan fingerprint density at radius 2 is 1.90 bits per heavy atom. The molecule has 11 nitrogen and oxygen atoms in total. The minimum Gasteiger partial charge on any atom is -0.380 e. The van der Waals surface area contributed by atoms with Gasteiger partial charge >= 0.3 is 6.18 Å². The number of imidazole rings is 1. The smallest absolute Gasteiger partial charge is 0.380 e. The number of quaternary nitrogens is 1. The van der Waals surface area contributed by atoms with E-state index in [1.54, 1.807) is 24.9 Å². The fourth-order valence-electron chi connectivity index (χ4n) is 3.93. The van der Waals surface area contributed by atoms with E-state index in [0.29, 0.717) is 23.0 Å². The van der Waals surface area contributed by atoms with E-state index in [9.17, 15) is 23.2 Å². The van der Waals surface area contributed by atoms with Crippen LogP contribution in [0.4, 0.5) is 29.1 Å². The van der Waals surface area contributed by atoms with E-state index in [2.05, 4.69) is 20.6 Å². The maximum atomic E-state index is 15.1. The third-order valence-electron chi connectivity index (χ3n) is 5.68. The van der Waals surface area contributed by atoms with E-state index in [0.717, 1.165) is 10.7 Å². The molecular weight excluding hydrogens is 524 g/mol. The molecule has 1 amide bonds. The third-order valence-corrected chi connectivity index (χ3v) is 5.68. The van der Waals surface area contributed by atoms with E-state index in [-0.39, 0.29) is 29.3 Å². The predicted molar refractivity (Wildman–Crippen MR) is 130 cm³/mol. The number of amides is 1. The Kier molecular flexibility index (Phi) is 6.11. The van der Waals surface area contributed by atoms with Gasteiger partial charge in [-0.3, -0.25) is 9.36 Å². The number of nitrogens with one attached hydrogen (secondary N) is 1. The lowest BCUT2D eigenvalue weighted by Crippen LogP contribution is -2.35. The first-order chi connectivity index (χ1) is 18.3. The van der Waals surface area contributed by atoms with Gasteiger partial charge in [-0.1, -0.05) is 5.16 Å². The normalized spacial score (nSPS) is 12.3. The number of hydrogen-bond acceptors (Lipinski definition) is 7. The Bertz CT molecular complexity index is 1700. The minimum absolute atomic E-state index is 0.00533. The third kappa shape index (κ3) is 5.17. The van der Waals surface area contributed by atoms with Crippen molar-refractivity contribution >= 4 is 28.4 Å². The van der Waals surface area contributed by atoms with Crippen molar-refractivity contribution in [2.75, 3.05) is 25.1 Å². The molecule has 0 saturated carbocycles. The molecule has 3 heterocycles. The van der Waals surface area contributed by atoms with Crippen LogP contribution >= 0.6 is 0 Å². The summed E-state index contributed by atoms with van der Waals surface area (Å²) in [6.07, 6.45) is -1.78. The molecule has 2 aromatic carbocycles. The molecule has 0 radical (unpaired) electrons. The summed E-state index contributed by atoms with van der Waals surface area (Å²) in [6.45, 7) is 0.130. The second-order valence-corrected chi connectivity index (χ2v) is 9.18. The first-order valence-corrected chi connectivity index (χ1v) is 11.3. The highest BCUT2D eigenvalue weighted by Crippen LogP contribution is 2.31. The predicted octanol–water partition coefficient (Wildman–Crippen LogP) is 4.16. The van der Waals surface area contributed by atoms with Crippen molar-refractivity contribution in [1.82, 2.24) is 24.5 Å². The minimum atomic E-state index is -4.85. The number of rotatable bonds is 6. The van der Waals surface area contributed by atoms with E-state index < -0.39 is 33.9 Å². The number of halogens is 4.